The predicted molar refractivity (Wildman–Crippen MR) is 640 cm³/mol. The maximum Gasteiger partial charge on any atom is 0.252 e. The number of nitrogens with zero attached hydrogens (tertiary/aromatic N) is 3. The van der Waals surface area contributed by atoms with Crippen molar-refractivity contribution >= 4 is 194 Å². The molecule has 1 aromatic heterocycles. The molecule has 0 atom stereocenters. The number of aromatic nitrogens is 1. The average Bonchev–Trinajstić information content (AvgIpc) is 0.917. The molecule has 3 heterocycles. The fourth-order valence-electron chi connectivity index (χ4n) is 25.2. The zero-order valence-electron chi connectivity index (χ0n) is 82.5. The lowest BCUT2D eigenvalue weighted by Gasteiger charge is -2.45. The Morgan fingerprint density at radius 2 is 0.365 bits per heavy atom. The van der Waals surface area contributed by atoms with Crippen LogP contribution in [0.5, 0.6) is 0 Å². The molecular formula is C140H104BN3Si4. The van der Waals surface area contributed by atoms with Crippen molar-refractivity contribution in [2.45, 2.75) is 13.8 Å². The zero-order valence-corrected chi connectivity index (χ0v) is 86.5. The Hall–Kier alpha value is -17.6. The fourth-order valence-corrected chi connectivity index (χ4v) is 44.4. The third-order valence-corrected chi connectivity index (χ3v) is 50.7. The highest BCUT2D eigenvalue weighted by molar-refractivity contribution is 7.22. The van der Waals surface area contributed by atoms with Crippen LogP contribution in [0.1, 0.15) is 11.1 Å². The van der Waals surface area contributed by atoms with E-state index >= 15 is 0 Å². The van der Waals surface area contributed by atoms with E-state index in [0.29, 0.717) is 0 Å². The molecule has 0 saturated heterocycles. The van der Waals surface area contributed by atoms with Crippen LogP contribution in [-0.2, 0) is 0 Å². The Labute approximate surface area is 871 Å². The van der Waals surface area contributed by atoms with Crippen molar-refractivity contribution < 1.29 is 0 Å². The second kappa shape index (κ2) is 38.2. The molecule has 0 saturated carbocycles. The Kier molecular flexibility index (Phi) is 23.3. The highest BCUT2D eigenvalue weighted by Gasteiger charge is 2.49. The quantitative estimate of drug-likeness (QED) is 0.0467. The summed E-state index contributed by atoms with van der Waals surface area (Å²) in [7, 11) is -12.2. The third kappa shape index (κ3) is 15.2. The number of benzene rings is 23. The van der Waals surface area contributed by atoms with Gasteiger partial charge in [-0.3, -0.25) is 0 Å². The molecule has 2 aliphatic heterocycles. The molecule has 24 aromatic rings. The van der Waals surface area contributed by atoms with Crippen LogP contribution in [0, 0.1) is 13.8 Å². The van der Waals surface area contributed by atoms with E-state index in [2.05, 4.69) is 623 Å². The second-order valence-corrected chi connectivity index (χ2v) is 55.0. The minimum Gasteiger partial charge on any atom is -0.311 e. The van der Waals surface area contributed by atoms with Crippen LogP contribution >= 0.6 is 0 Å². The molecule has 0 fully saturated rings. The molecule has 0 amide bonds. The fraction of sp³-hybridized carbons (Fsp3) is 0.0143. The van der Waals surface area contributed by atoms with Crippen molar-refractivity contribution in [3.8, 4) is 50.2 Å². The third-order valence-electron chi connectivity index (χ3n) is 31.6. The number of hydrogen-bond donors (Lipinski definition) is 0. The topological polar surface area (TPSA) is 11.4 Å². The van der Waals surface area contributed by atoms with Crippen molar-refractivity contribution in [2.24, 2.45) is 0 Å². The molecule has 698 valence electrons. The van der Waals surface area contributed by atoms with Crippen molar-refractivity contribution in [3.05, 3.63) is 606 Å². The van der Waals surface area contributed by atoms with Crippen LogP contribution < -0.4 is 109 Å². The van der Waals surface area contributed by atoms with Crippen LogP contribution in [0.25, 0.3) is 72.0 Å². The minimum atomic E-state index is -3.06. The summed E-state index contributed by atoms with van der Waals surface area (Å²) in [5.41, 5.74) is 24.9. The monoisotopic (exact) mass is 1950 g/mol. The van der Waals surface area contributed by atoms with E-state index in [9.17, 15) is 0 Å². The number of hydrogen-bond acceptors (Lipinski definition) is 2. The molecule has 0 bridgehead atoms. The van der Waals surface area contributed by atoms with E-state index < -0.39 is 32.3 Å². The molecule has 23 aromatic carbocycles. The summed E-state index contributed by atoms with van der Waals surface area (Å²) in [6.45, 7) is 4.16. The molecule has 0 N–H and O–H groups in total. The highest BCUT2D eigenvalue weighted by atomic mass is 28.3. The van der Waals surface area contributed by atoms with E-state index in [4.69, 9.17) is 0 Å². The van der Waals surface area contributed by atoms with Gasteiger partial charge in [0.25, 0.3) is 6.71 Å². The van der Waals surface area contributed by atoms with E-state index in [1.54, 1.807) is 0 Å². The molecule has 3 nitrogen and oxygen atoms in total. The van der Waals surface area contributed by atoms with Gasteiger partial charge in [-0.1, -0.05) is 533 Å². The van der Waals surface area contributed by atoms with Gasteiger partial charge >= 0.3 is 0 Å². The van der Waals surface area contributed by atoms with Crippen LogP contribution in [0.3, 0.4) is 0 Å². The summed E-state index contributed by atoms with van der Waals surface area (Å²) in [6.07, 6.45) is 0. The molecule has 0 spiro atoms. The van der Waals surface area contributed by atoms with Gasteiger partial charge < -0.3 is 14.4 Å². The summed E-state index contributed by atoms with van der Waals surface area (Å²) in [4.78, 5) is 5.36. The van der Waals surface area contributed by atoms with Gasteiger partial charge in [-0.25, -0.2) is 0 Å². The molecule has 0 unspecified atom stereocenters. The largest absolute Gasteiger partial charge is 0.311 e. The summed E-state index contributed by atoms with van der Waals surface area (Å²) >= 11 is 0. The first-order valence-corrected chi connectivity index (χ1v) is 59.6. The zero-order chi connectivity index (χ0) is 98.7. The van der Waals surface area contributed by atoms with Crippen LogP contribution in [0.15, 0.2) is 595 Å². The normalized spacial score (nSPS) is 12.4. The Balaban J connectivity index is 0.756. The van der Waals surface area contributed by atoms with Crippen molar-refractivity contribution in [1.29, 1.82) is 0 Å². The lowest BCUT2D eigenvalue weighted by atomic mass is 9.33. The summed E-state index contributed by atoms with van der Waals surface area (Å²) in [5.74, 6) is 0. The van der Waals surface area contributed by atoms with Gasteiger partial charge in [-0.2, -0.15) is 0 Å². The summed E-state index contributed by atoms with van der Waals surface area (Å²) in [6, 6.07) is 228. The molecule has 0 aliphatic carbocycles. The molecule has 8 heteroatoms. The SMILES string of the molecule is Cc1ccc2c(c1)c1cc(C)ccc1n2-c1cc2c3c(c1)N(c1cccc(-c4cccc([Si](c5ccccc5)(c5ccccc5)c5ccccc5)c4)c1)c1cc(-c4cccc([Si](c5ccccc5)(c5ccccc5)c5ccccc5)c4)ccc1B3c1ccc(-c3cccc([Si](c4ccccc4)(c4ccccc4)c4ccccc4)c3)cc1N2c1cccc(-c2cccc([Si](c3ccccc3)(c3ccccc3)c3ccccc3)c2)c1. The van der Waals surface area contributed by atoms with Crippen LogP contribution in [0.4, 0.5) is 34.1 Å². The smallest absolute Gasteiger partial charge is 0.252 e. The Bertz CT molecular complexity index is 8140. The summed E-state index contributed by atoms with van der Waals surface area (Å²) < 4.78 is 2.58. The van der Waals surface area contributed by atoms with E-state index in [1.807, 2.05) is 0 Å². The van der Waals surface area contributed by atoms with Crippen molar-refractivity contribution in [2.75, 3.05) is 9.80 Å². The van der Waals surface area contributed by atoms with Crippen molar-refractivity contribution in [1.82, 2.24) is 4.57 Å². The maximum absolute atomic E-state index is 3.06. The molecular weight excluding hydrogens is 1850 g/mol. The first kappa shape index (κ1) is 90.4. The molecule has 0 radical (unpaired) electrons. The van der Waals surface area contributed by atoms with E-state index in [0.717, 1.165) is 95.4 Å². The van der Waals surface area contributed by atoms with Crippen LogP contribution in [0.2, 0.25) is 0 Å². The minimum absolute atomic E-state index is 0.317. The lowest BCUT2D eigenvalue weighted by Crippen LogP contribution is -2.74. The molecule has 148 heavy (non-hydrogen) atoms. The first-order chi connectivity index (χ1) is 73.2. The van der Waals surface area contributed by atoms with E-state index in [1.165, 1.54) is 121 Å². The molecule has 2 aliphatic rings. The highest BCUT2D eigenvalue weighted by Crippen LogP contribution is 2.49. The number of aryl methyl sites for hydroxylation is 2. The number of fused-ring (bicyclic) bond motifs is 7. The number of anilines is 6. The van der Waals surface area contributed by atoms with Gasteiger partial charge in [0.15, 0.2) is 32.3 Å². The Morgan fingerprint density at radius 3 is 0.601 bits per heavy atom. The summed E-state index contributed by atoms with van der Waals surface area (Å²) in [5, 5.41) is 23.6. The van der Waals surface area contributed by atoms with Gasteiger partial charge in [0.1, 0.15) is 0 Å². The standard InChI is InChI=1S/C140H104BN3Si4/c1-101-81-87-134-130(89-101)131-90-102(2)82-88-135(131)144(134)113-99-138-140-139(100-113)143(112-52-40-46-104(92-112)106-48-42-78-127(94-106)146(117-59-21-6-22-60-117,118-61-23-7-24-62-118)119-63-25-8-26-64-119)137-98-110(108-50-44-80-129(96-108)148(123-71-33-12-34-72-123,124-73-35-13-36-74-124)125-75-37-14-38-76-125)84-86-133(137)141(140)132-85-83-109(107-49-43-79-128(95-107)147(120-65-27-9-28-66-120,121-67-29-10-30-68-121)122-69-31-11-32-70-122)97-136(132)142(138)111-51-39-45-103(91-111)105-47-41-77-126(93-105)145(114-53-15-3-16-54-114,115-55-17-4-18-56-115)116-57-19-5-20-58-116/h3-100H,1-2H3. The lowest BCUT2D eigenvalue weighted by molar-refractivity contribution is 1.16. The van der Waals surface area contributed by atoms with Gasteiger partial charge in [0.05, 0.1) is 16.7 Å². The van der Waals surface area contributed by atoms with Gasteiger partial charge in [0.2, 0.25) is 0 Å². The van der Waals surface area contributed by atoms with Gasteiger partial charge in [-0.15, -0.1) is 0 Å². The van der Waals surface area contributed by atoms with Gasteiger partial charge in [0, 0.05) is 44.9 Å². The predicted octanol–water partition coefficient (Wildman–Crippen LogP) is 21.7. The van der Waals surface area contributed by atoms with Crippen LogP contribution in [-0.4, -0.2) is 43.6 Å². The molecule has 26 rings (SSSR count). The second-order valence-electron chi connectivity index (χ2n) is 39.7. The Morgan fingerprint density at radius 1 is 0.155 bits per heavy atom. The number of rotatable bonds is 23. The van der Waals surface area contributed by atoms with Gasteiger partial charge in [-0.05, 0) is 231 Å². The first-order valence-electron chi connectivity index (χ1n) is 51.6. The maximum atomic E-state index is 2.68. The van der Waals surface area contributed by atoms with E-state index in [-0.39, 0.29) is 6.71 Å². The average molecular weight is 1950 g/mol. The van der Waals surface area contributed by atoms with Crippen molar-refractivity contribution in [3.63, 3.8) is 0 Å².